The van der Waals surface area contributed by atoms with Gasteiger partial charge in [0.15, 0.2) is 0 Å². The highest BCUT2D eigenvalue weighted by Gasteiger charge is 2.51. The minimum Gasteiger partial charge on any atom is -0.307 e. The van der Waals surface area contributed by atoms with Crippen molar-refractivity contribution in [3.05, 3.63) is 0 Å². The van der Waals surface area contributed by atoms with Crippen LogP contribution >= 0.6 is 0 Å². The summed E-state index contributed by atoms with van der Waals surface area (Å²) >= 11 is 0. The number of rotatable bonds is 4. The zero-order chi connectivity index (χ0) is 17.6. The lowest BCUT2D eigenvalue weighted by Gasteiger charge is -2.48. The maximum atomic E-state index is 13.0. The predicted octanol–water partition coefficient (Wildman–Crippen LogP) is 3.99. The zero-order valence-electron chi connectivity index (χ0n) is 15.9. The van der Waals surface area contributed by atoms with Crippen molar-refractivity contribution in [1.29, 1.82) is 0 Å². The van der Waals surface area contributed by atoms with Crippen molar-refractivity contribution in [3.63, 3.8) is 0 Å². The number of hydrogen-bond acceptors (Lipinski definition) is 3. The van der Waals surface area contributed by atoms with Crippen LogP contribution in [-0.2, 0) is 9.59 Å². The van der Waals surface area contributed by atoms with E-state index in [4.69, 9.17) is 0 Å². The summed E-state index contributed by atoms with van der Waals surface area (Å²) in [6.45, 7) is 14.9. The zero-order valence-corrected chi connectivity index (χ0v) is 15.9. The van der Waals surface area contributed by atoms with Gasteiger partial charge in [-0.15, -0.1) is 0 Å². The molecule has 2 heterocycles. The lowest BCUT2D eigenvalue weighted by atomic mass is 9.79. The third-order valence-electron chi connectivity index (χ3n) is 5.67. The van der Waals surface area contributed by atoms with Crippen molar-refractivity contribution < 1.29 is 9.59 Å². The molecule has 2 aliphatic heterocycles. The molecular weight excluding hydrogens is 300 g/mol. The van der Waals surface area contributed by atoms with E-state index in [0.717, 1.165) is 25.7 Å². The minimum absolute atomic E-state index is 0. The van der Waals surface area contributed by atoms with Crippen LogP contribution in [-0.4, -0.2) is 33.8 Å². The van der Waals surface area contributed by atoms with Gasteiger partial charge in [-0.1, -0.05) is 34.6 Å². The van der Waals surface area contributed by atoms with Gasteiger partial charge in [0.05, 0.1) is 5.92 Å². The number of imide groups is 1. The molecule has 0 radical (unpaired) electrons. The second kappa shape index (κ2) is 7.15. The minimum atomic E-state index is -0.169. The Morgan fingerprint density at radius 3 is 2.08 bits per heavy atom. The van der Waals surface area contributed by atoms with Crippen molar-refractivity contribution in [3.8, 4) is 0 Å². The van der Waals surface area contributed by atoms with Crippen molar-refractivity contribution in [1.82, 2.24) is 10.2 Å². The molecule has 2 aliphatic rings. The van der Waals surface area contributed by atoms with E-state index in [2.05, 4.69) is 46.9 Å². The molecule has 1 N–H and O–H groups in total. The molecule has 0 aliphatic carbocycles. The van der Waals surface area contributed by atoms with Gasteiger partial charge >= 0.3 is 0 Å². The summed E-state index contributed by atoms with van der Waals surface area (Å²) in [5.41, 5.74) is -0.129. The molecule has 2 saturated heterocycles. The second-order valence-electron chi connectivity index (χ2n) is 9.15. The van der Waals surface area contributed by atoms with Crippen LogP contribution in [0.5, 0.6) is 0 Å². The van der Waals surface area contributed by atoms with Crippen molar-refractivity contribution >= 4 is 11.8 Å². The average Bonchev–Trinajstić information content (AvgIpc) is 2.59. The number of hydrogen-bond donors (Lipinski definition) is 1. The van der Waals surface area contributed by atoms with Crippen LogP contribution in [0.2, 0.25) is 0 Å². The second-order valence-corrected chi connectivity index (χ2v) is 9.15. The summed E-state index contributed by atoms with van der Waals surface area (Å²) in [5.74, 6) is 0.305. The molecule has 24 heavy (non-hydrogen) atoms. The summed E-state index contributed by atoms with van der Waals surface area (Å²) in [6, 6.07) is 0.0191. The van der Waals surface area contributed by atoms with Gasteiger partial charge in [-0.2, -0.15) is 0 Å². The standard InChI is InChI=1S/C19H34N2O2.CH4/c1-8-12(2)9-15-13(3)16(22)21(17(15)23)14-10-18(4,5)20-19(6,7)11-14;/h12-15,20H,8-11H2,1-7H3;1H4. The summed E-state index contributed by atoms with van der Waals surface area (Å²) in [4.78, 5) is 27.4. The predicted molar refractivity (Wildman–Crippen MR) is 99.6 cm³/mol. The first kappa shape index (κ1) is 21.1. The highest BCUT2D eigenvalue weighted by molar-refractivity contribution is 6.05. The quantitative estimate of drug-likeness (QED) is 0.789. The molecule has 0 aromatic carbocycles. The Bertz CT molecular complexity index is 468. The summed E-state index contributed by atoms with van der Waals surface area (Å²) in [5, 5.41) is 3.63. The SMILES string of the molecule is C.CCC(C)CC1C(=O)N(C2CC(C)(C)NC(C)(C)C2)C(=O)C1C. The molecule has 0 aromatic rings. The molecule has 4 heteroatoms. The molecule has 3 atom stereocenters. The number of amides is 2. The van der Waals surface area contributed by atoms with E-state index in [9.17, 15) is 9.59 Å². The third-order valence-corrected chi connectivity index (χ3v) is 5.67. The normalized spacial score (nSPS) is 31.0. The van der Waals surface area contributed by atoms with Crippen LogP contribution in [0.3, 0.4) is 0 Å². The number of nitrogens with one attached hydrogen (secondary N) is 1. The van der Waals surface area contributed by atoms with E-state index >= 15 is 0 Å². The number of piperidine rings is 1. The summed E-state index contributed by atoms with van der Waals surface area (Å²) in [7, 11) is 0. The Balaban J connectivity index is 0.00000288. The summed E-state index contributed by atoms with van der Waals surface area (Å²) in [6.07, 6.45) is 3.54. The van der Waals surface area contributed by atoms with Crippen molar-refractivity contribution in [2.75, 3.05) is 0 Å². The molecule has 0 bridgehead atoms. The Kier molecular flexibility index (Phi) is 6.30. The van der Waals surface area contributed by atoms with Crippen LogP contribution in [0.4, 0.5) is 0 Å². The van der Waals surface area contributed by atoms with Gasteiger partial charge in [0.1, 0.15) is 0 Å². The van der Waals surface area contributed by atoms with E-state index in [0.29, 0.717) is 5.92 Å². The van der Waals surface area contributed by atoms with Gasteiger partial charge in [0.2, 0.25) is 11.8 Å². The lowest BCUT2D eigenvalue weighted by molar-refractivity contribution is -0.144. The number of nitrogens with zero attached hydrogens (tertiary/aromatic N) is 1. The highest BCUT2D eigenvalue weighted by atomic mass is 16.2. The van der Waals surface area contributed by atoms with E-state index in [-0.39, 0.29) is 48.2 Å². The molecule has 140 valence electrons. The Morgan fingerprint density at radius 1 is 1.12 bits per heavy atom. The van der Waals surface area contributed by atoms with Gasteiger partial charge in [-0.25, -0.2) is 0 Å². The molecule has 2 fully saturated rings. The van der Waals surface area contributed by atoms with Gasteiger partial charge < -0.3 is 5.32 Å². The van der Waals surface area contributed by atoms with Crippen LogP contribution in [0.25, 0.3) is 0 Å². The van der Waals surface area contributed by atoms with E-state index in [1.165, 1.54) is 0 Å². The molecule has 0 saturated carbocycles. The first-order valence-corrected chi connectivity index (χ1v) is 9.13. The third kappa shape index (κ3) is 4.19. The van der Waals surface area contributed by atoms with Crippen LogP contribution < -0.4 is 5.32 Å². The van der Waals surface area contributed by atoms with Crippen LogP contribution in [0.15, 0.2) is 0 Å². The molecule has 0 spiro atoms. The van der Waals surface area contributed by atoms with Gasteiger partial charge in [-0.3, -0.25) is 14.5 Å². The maximum absolute atomic E-state index is 13.0. The van der Waals surface area contributed by atoms with Crippen LogP contribution in [0, 0.1) is 17.8 Å². The monoisotopic (exact) mass is 338 g/mol. The highest BCUT2D eigenvalue weighted by Crippen LogP contribution is 2.38. The smallest absolute Gasteiger partial charge is 0.233 e. The fraction of sp³-hybridized carbons (Fsp3) is 0.900. The molecule has 2 amide bonds. The summed E-state index contributed by atoms with van der Waals surface area (Å²) < 4.78 is 0. The van der Waals surface area contributed by atoms with E-state index in [1.54, 1.807) is 4.90 Å². The Labute approximate surface area is 148 Å². The van der Waals surface area contributed by atoms with Gasteiger partial charge in [0.25, 0.3) is 0 Å². The maximum Gasteiger partial charge on any atom is 0.233 e. The fourth-order valence-electron chi connectivity index (χ4n) is 4.61. The van der Waals surface area contributed by atoms with Crippen molar-refractivity contribution in [2.45, 2.75) is 98.7 Å². The largest absolute Gasteiger partial charge is 0.307 e. The molecule has 4 nitrogen and oxygen atoms in total. The Morgan fingerprint density at radius 2 is 1.62 bits per heavy atom. The first-order chi connectivity index (χ1) is 10.5. The van der Waals surface area contributed by atoms with Crippen LogP contribution in [0.1, 0.15) is 81.6 Å². The molecule has 0 aromatic heterocycles. The van der Waals surface area contributed by atoms with Crippen molar-refractivity contribution in [2.24, 2.45) is 17.8 Å². The number of carbonyl (C=O) groups is 2. The Hall–Kier alpha value is -0.900. The number of likely N-dealkylation sites (tertiary alicyclic amines) is 1. The molecule has 3 unspecified atom stereocenters. The van der Waals surface area contributed by atoms with Gasteiger partial charge in [-0.05, 0) is 52.9 Å². The lowest BCUT2D eigenvalue weighted by Crippen LogP contribution is -2.63. The van der Waals surface area contributed by atoms with Gasteiger partial charge in [0, 0.05) is 23.0 Å². The average molecular weight is 339 g/mol. The van der Waals surface area contributed by atoms with E-state index < -0.39 is 0 Å². The molecular formula is C20H38N2O2. The number of carbonyl (C=O) groups excluding carboxylic acids is 2. The topological polar surface area (TPSA) is 49.4 Å². The fourth-order valence-corrected chi connectivity index (χ4v) is 4.61. The first-order valence-electron chi connectivity index (χ1n) is 9.13. The molecule has 2 rings (SSSR count). The van der Waals surface area contributed by atoms with E-state index in [1.807, 2.05) is 6.92 Å².